The fourth-order valence-electron chi connectivity index (χ4n) is 2.30. The van der Waals surface area contributed by atoms with E-state index in [1.54, 1.807) is 0 Å². The van der Waals surface area contributed by atoms with Gasteiger partial charge in [0.25, 0.3) is 5.97 Å². The van der Waals surface area contributed by atoms with Crippen LogP contribution in [0.4, 0.5) is 26.3 Å². The second kappa shape index (κ2) is 8.52. The summed E-state index contributed by atoms with van der Waals surface area (Å²) in [5, 5.41) is 18.5. The molecule has 0 unspecified atom stereocenters. The minimum absolute atomic E-state index is 0.00171. The van der Waals surface area contributed by atoms with Crippen LogP contribution in [0.5, 0.6) is 0 Å². The zero-order chi connectivity index (χ0) is 19.3. The lowest BCUT2D eigenvalue weighted by Gasteiger charge is -2.19. The van der Waals surface area contributed by atoms with Gasteiger partial charge in [-0.3, -0.25) is 0 Å². The van der Waals surface area contributed by atoms with Crippen molar-refractivity contribution in [3.05, 3.63) is 34.9 Å². The standard InChI is InChI=1S/C15H20F6O3Si/c16-14(17,18)11-7-10(8-12(9-11)15(19,20)21)5-3-1-2-4-6-13(22,23)24-25/h7-9,22-23H,1-6H2,25H3. The summed E-state index contributed by atoms with van der Waals surface area (Å²) in [7, 11) is 0.157. The third kappa shape index (κ3) is 7.76. The van der Waals surface area contributed by atoms with Crippen molar-refractivity contribution in [3.8, 4) is 0 Å². The monoisotopic (exact) mass is 390 g/mol. The maximum atomic E-state index is 12.7. The van der Waals surface area contributed by atoms with Crippen molar-refractivity contribution in [1.82, 2.24) is 0 Å². The van der Waals surface area contributed by atoms with Gasteiger partial charge in [0.05, 0.1) is 11.1 Å². The van der Waals surface area contributed by atoms with Gasteiger partial charge in [0, 0.05) is 6.42 Å². The number of halogens is 6. The normalized spacial score (nSPS) is 13.4. The largest absolute Gasteiger partial charge is 0.416 e. The van der Waals surface area contributed by atoms with E-state index in [2.05, 4.69) is 4.43 Å². The van der Waals surface area contributed by atoms with Crippen molar-refractivity contribution < 1.29 is 41.0 Å². The minimum atomic E-state index is -4.84. The molecule has 1 aromatic carbocycles. The number of unbranched alkanes of at least 4 members (excludes halogenated alkanes) is 3. The number of benzene rings is 1. The molecule has 10 heteroatoms. The van der Waals surface area contributed by atoms with Crippen LogP contribution in [0.25, 0.3) is 0 Å². The van der Waals surface area contributed by atoms with Crippen molar-refractivity contribution in [2.75, 3.05) is 0 Å². The highest BCUT2D eigenvalue weighted by Gasteiger charge is 2.36. The van der Waals surface area contributed by atoms with E-state index in [-0.39, 0.29) is 35.0 Å². The molecule has 2 N–H and O–H groups in total. The first kappa shape index (κ1) is 21.9. The topological polar surface area (TPSA) is 49.7 Å². The molecule has 0 heterocycles. The molecule has 0 radical (unpaired) electrons. The van der Waals surface area contributed by atoms with Crippen LogP contribution in [0.15, 0.2) is 18.2 Å². The van der Waals surface area contributed by atoms with Gasteiger partial charge in [0.15, 0.2) is 10.5 Å². The Labute approximate surface area is 144 Å². The van der Waals surface area contributed by atoms with E-state index >= 15 is 0 Å². The second-order valence-electron chi connectivity index (χ2n) is 5.78. The van der Waals surface area contributed by atoms with Crippen LogP contribution < -0.4 is 0 Å². The first-order chi connectivity index (χ1) is 11.3. The average Bonchev–Trinajstić information content (AvgIpc) is 2.48. The van der Waals surface area contributed by atoms with Crippen LogP contribution in [-0.4, -0.2) is 26.7 Å². The molecule has 0 aliphatic heterocycles. The van der Waals surface area contributed by atoms with Gasteiger partial charge in [0.1, 0.15) is 0 Å². The molecule has 25 heavy (non-hydrogen) atoms. The summed E-state index contributed by atoms with van der Waals surface area (Å²) in [6.45, 7) is 0. The molecule has 0 spiro atoms. The number of aliphatic hydroxyl groups is 2. The number of hydrogen-bond acceptors (Lipinski definition) is 3. The molecular formula is C15H20F6O3Si. The van der Waals surface area contributed by atoms with Gasteiger partial charge in [-0.1, -0.05) is 12.8 Å². The Morgan fingerprint density at radius 1 is 0.800 bits per heavy atom. The molecule has 144 valence electrons. The van der Waals surface area contributed by atoms with Gasteiger partial charge < -0.3 is 14.6 Å². The van der Waals surface area contributed by atoms with Crippen LogP contribution in [0.1, 0.15) is 48.8 Å². The van der Waals surface area contributed by atoms with Crippen molar-refractivity contribution in [1.29, 1.82) is 0 Å². The lowest BCUT2D eigenvalue weighted by molar-refractivity contribution is -0.295. The molecule has 0 fully saturated rings. The molecule has 0 aliphatic rings. The maximum absolute atomic E-state index is 12.7. The van der Waals surface area contributed by atoms with Gasteiger partial charge in [-0.05, 0) is 43.0 Å². The van der Waals surface area contributed by atoms with E-state index in [0.29, 0.717) is 25.7 Å². The first-order valence-corrected chi connectivity index (χ1v) is 8.45. The SMILES string of the molecule is OC(O)(CCCCCCc1cc(C(F)(F)F)cc(C(F)(F)F)c1)O[SiH3]. The van der Waals surface area contributed by atoms with Crippen molar-refractivity contribution in [3.63, 3.8) is 0 Å². The minimum Gasteiger partial charge on any atom is -0.381 e. The molecule has 0 aromatic heterocycles. The predicted molar refractivity (Wildman–Crippen MR) is 81.4 cm³/mol. The molecule has 0 saturated carbocycles. The summed E-state index contributed by atoms with van der Waals surface area (Å²) in [6.07, 6.45) is -7.70. The Balaban J connectivity index is 2.63. The lowest BCUT2D eigenvalue weighted by Crippen LogP contribution is -2.30. The summed E-state index contributed by atoms with van der Waals surface area (Å²) < 4.78 is 81.0. The van der Waals surface area contributed by atoms with Crippen molar-refractivity contribution in [2.45, 2.75) is 56.9 Å². The first-order valence-electron chi connectivity index (χ1n) is 7.63. The van der Waals surface area contributed by atoms with Gasteiger partial charge >= 0.3 is 12.4 Å². The quantitative estimate of drug-likeness (QED) is 0.310. The average molecular weight is 390 g/mol. The van der Waals surface area contributed by atoms with Gasteiger partial charge in [-0.2, -0.15) is 26.3 Å². The van der Waals surface area contributed by atoms with Gasteiger partial charge in [0.2, 0.25) is 0 Å². The van der Waals surface area contributed by atoms with Crippen LogP contribution in [-0.2, 0) is 23.2 Å². The predicted octanol–water partition coefficient (Wildman–Crippen LogP) is 3.15. The molecule has 0 amide bonds. The Hall–Kier alpha value is -1.10. The highest BCUT2D eigenvalue weighted by Crippen LogP contribution is 2.36. The van der Waals surface area contributed by atoms with Crippen molar-refractivity contribution in [2.24, 2.45) is 0 Å². The van der Waals surface area contributed by atoms with E-state index in [1.165, 1.54) is 0 Å². The molecule has 0 bridgehead atoms. The second-order valence-corrected chi connectivity index (χ2v) is 6.18. The Bertz CT molecular complexity index is 525. The Morgan fingerprint density at radius 2 is 1.28 bits per heavy atom. The molecule has 1 aromatic rings. The Kier molecular flexibility index (Phi) is 7.48. The summed E-state index contributed by atoms with van der Waals surface area (Å²) in [4.78, 5) is 0. The molecule has 0 atom stereocenters. The van der Waals surface area contributed by atoms with Gasteiger partial charge in [-0.15, -0.1) is 0 Å². The number of rotatable bonds is 8. The van der Waals surface area contributed by atoms with Crippen LogP contribution in [0.3, 0.4) is 0 Å². The van der Waals surface area contributed by atoms with E-state index in [1.807, 2.05) is 0 Å². The van der Waals surface area contributed by atoms with E-state index in [4.69, 9.17) is 0 Å². The zero-order valence-corrected chi connectivity index (χ0v) is 15.5. The lowest BCUT2D eigenvalue weighted by atomic mass is 10.00. The summed E-state index contributed by atoms with van der Waals surface area (Å²) in [5.41, 5.74) is -2.65. The summed E-state index contributed by atoms with van der Waals surface area (Å²) in [6, 6.07) is 1.58. The molecule has 0 saturated heterocycles. The fraction of sp³-hybridized carbons (Fsp3) is 0.600. The molecule has 3 nitrogen and oxygen atoms in total. The smallest absolute Gasteiger partial charge is 0.381 e. The number of hydrogen-bond donors (Lipinski definition) is 2. The highest BCUT2D eigenvalue weighted by atomic mass is 28.2. The third-order valence-corrected chi connectivity index (χ3v) is 4.35. The van der Waals surface area contributed by atoms with Crippen molar-refractivity contribution >= 4 is 10.5 Å². The van der Waals surface area contributed by atoms with Crippen LogP contribution >= 0.6 is 0 Å². The number of alkyl halides is 6. The third-order valence-electron chi connectivity index (χ3n) is 3.69. The maximum Gasteiger partial charge on any atom is 0.416 e. The number of aryl methyl sites for hydroxylation is 1. The van der Waals surface area contributed by atoms with Gasteiger partial charge in [-0.25, -0.2) is 0 Å². The molecule has 1 rings (SSSR count). The van der Waals surface area contributed by atoms with Crippen LogP contribution in [0.2, 0.25) is 0 Å². The van der Waals surface area contributed by atoms with Crippen LogP contribution in [0, 0.1) is 0 Å². The Morgan fingerprint density at radius 3 is 1.72 bits per heavy atom. The summed E-state index contributed by atoms with van der Waals surface area (Å²) >= 11 is 0. The van der Waals surface area contributed by atoms with E-state index in [0.717, 1.165) is 12.1 Å². The summed E-state index contributed by atoms with van der Waals surface area (Å²) in [5.74, 6) is -2.16. The fourth-order valence-corrected chi connectivity index (χ4v) is 2.51. The highest BCUT2D eigenvalue weighted by molar-refractivity contribution is 5.98. The molecular weight excluding hydrogens is 370 g/mol. The van der Waals surface area contributed by atoms with E-state index < -0.39 is 29.5 Å². The zero-order valence-electron chi connectivity index (χ0n) is 13.5. The van der Waals surface area contributed by atoms with E-state index in [9.17, 15) is 36.6 Å². The molecule has 0 aliphatic carbocycles.